The van der Waals surface area contributed by atoms with Gasteiger partial charge < -0.3 is 10.8 Å². The summed E-state index contributed by atoms with van der Waals surface area (Å²) in [6.07, 6.45) is 1.38. The maximum Gasteiger partial charge on any atom is 0.335 e. The van der Waals surface area contributed by atoms with Gasteiger partial charge in [-0.15, -0.1) is 0 Å². The molecule has 3 N–H and O–H groups in total. The first-order valence-electron chi connectivity index (χ1n) is 4.70. The van der Waals surface area contributed by atoms with Crippen LogP contribution in [0.25, 0.3) is 5.69 Å². The van der Waals surface area contributed by atoms with Crippen molar-refractivity contribution in [3.8, 4) is 11.8 Å². The number of carboxylic acid groups (broad SMARTS) is 1. The third-order valence-corrected chi connectivity index (χ3v) is 2.28. The molecule has 2 rings (SSSR count). The number of carbonyl (C=O) groups is 1. The van der Waals surface area contributed by atoms with Gasteiger partial charge in [0.1, 0.15) is 18.2 Å². The summed E-state index contributed by atoms with van der Waals surface area (Å²) in [6.45, 7) is 0. The maximum atomic E-state index is 10.8. The number of rotatable bonds is 2. The Morgan fingerprint density at radius 3 is 2.88 bits per heavy atom. The van der Waals surface area contributed by atoms with Gasteiger partial charge in [0.15, 0.2) is 5.69 Å². The molecule has 0 saturated heterocycles. The molecular weight excluding hydrogens is 220 g/mol. The number of hydrogen-bond donors (Lipinski definition) is 2. The van der Waals surface area contributed by atoms with Gasteiger partial charge in [-0.25, -0.2) is 9.78 Å². The minimum absolute atomic E-state index is 0.116. The molecule has 6 heteroatoms. The summed E-state index contributed by atoms with van der Waals surface area (Å²) < 4.78 is 1.46. The number of imidazole rings is 1. The lowest BCUT2D eigenvalue weighted by atomic mass is 10.2. The Bertz CT molecular complexity index is 625. The van der Waals surface area contributed by atoms with Crippen LogP contribution in [0.3, 0.4) is 0 Å². The van der Waals surface area contributed by atoms with E-state index in [1.165, 1.54) is 23.0 Å². The average Bonchev–Trinajstić information content (AvgIpc) is 2.70. The van der Waals surface area contributed by atoms with Crippen LogP contribution in [0.2, 0.25) is 0 Å². The first-order chi connectivity index (χ1) is 8.13. The fraction of sp³-hybridized carbons (Fsp3) is 0. The van der Waals surface area contributed by atoms with E-state index in [1.54, 1.807) is 12.1 Å². The summed E-state index contributed by atoms with van der Waals surface area (Å²) in [4.78, 5) is 14.6. The molecule has 0 saturated carbocycles. The lowest BCUT2D eigenvalue weighted by Crippen LogP contribution is -2.02. The average molecular weight is 228 g/mol. The lowest BCUT2D eigenvalue weighted by molar-refractivity contribution is 0.0697. The molecule has 6 nitrogen and oxygen atoms in total. The van der Waals surface area contributed by atoms with Gasteiger partial charge in [0, 0.05) is 5.69 Å². The highest BCUT2D eigenvalue weighted by molar-refractivity contribution is 5.88. The van der Waals surface area contributed by atoms with Crippen LogP contribution >= 0.6 is 0 Å². The normalized spacial score (nSPS) is 9.82. The van der Waals surface area contributed by atoms with Gasteiger partial charge in [-0.2, -0.15) is 5.26 Å². The molecule has 0 radical (unpaired) electrons. The molecule has 0 unspecified atom stereocenters. The Balaban J connectivity index is 2.54. The zero-order valence-corrected chi connectivity index (χ0v) is 8.66. The largest absolute Gasteiger partial charge is 0.478 e. The molecule has 1 aromatic carbocycles. The smallest absolute Gasteiger partial charge is 0.335 e. The van der Waals surface area contributed by atoms with Gasteiger partial charge >= 0.3 is 5.97 Å². The minimum Gasteiger partial charge on any atom is -0.478 e. The van der Waals surface area contributed by atoms with E-state index >= 15 is 0 Å². The van der Waals surface area contributed by atoms with Crippen LogP contribution in [0.15, 0.2) is 30.6 Å². The van der Waals surface area contributed by atoms with Crippen molar-refractivity contribution in [2.24, 2.45) is 0 Å². The van der Waals surface area contributed by atoms with Crippen molar-refractivity contribution in [1.82, 2.24) is 9.55 Å². The maximum absolute atomic E-state index is 10.8. The van der Waals surface area contributed by atoms with Gasteiger partial charge in [-0.05, 0) is 18.2 Å². The number of aromatic carboxylic acids is 1. The van der Waals surface area contributed by atoms with E-state index in [0.717, 1.165) is 0 Å². The second-order valence-electron chi connectivity index (χ2n) is 3.32. The summed E-state index contributed by atoms with van der Waals surface area (Å²) in [6, 6.07) is 8.07. The monoisotopic (exact) mass is 228 g/mol. The second kappa shape index (κ2) is 3.98. The number of carboxylic acids is 1. The topological polar surface area (TPSA) is 105 Å². The Kier molecular flexibility index (Phi) is 2.51. The lowest BCUT2D eigenvalue weighted by Gasteiger charge is -2.05. The Hall–Kier alpha value is -2.81. The first-order valence-corrected chi connectivity index (χ1v) is 4.70. The molecule has 84 valence electrons. The van der Waals surface area contributed by atoms with Gasteiger partial charge in [-0.1, -0.05) is 6.07 Å². The molecule has 0 aliphatic carbocycles. The highest BCUT2D eigenvalue weighted by Gasteiger charge is 2.10. The SMILES string of the molecule is N#Cc1ncn(-c2cccc(C(=O)O)c2)c1N. The molecule has 0 bridgehead atoms. The van der Waals surface area contributed by atoms with Crippen molar-refractivity contribution in [3.63, 3.8) is 0 Å². The standard InChI is InChI=1S/C11H8N4O2/c12-5-9-10(13)15(6-14-9)8-3-1-2-7(4-8)11(16)17/h1-4,6H,13H2,(H,16,17). The van der Waals surface area contributed by atoms with Crippen molar-refractivity contribution < 1.29 is 9.90 Å². The molecule has 17 heavy (non-hydrogen) atoms. The van der Waals surface area contributed by atoms with Crippen LogP contribution in [-0.4, -0.2) is 20.6 Å². The van der Waals surface area contributed by atoms with Crippen LogP contribution in [0.1, 0.15) is 16.1 Å². The van der Waals surface area contributed by atoms with Crippen LogP contribution in [0.4, 0.5) is 5.82 Å². The summed E-state index contributed by atoms with van der Waals surface area (Å²) in [7, 11) is 0. The van der Waals surface area contributed by atoms with Gasteiger partial charge in [0.05, 0.1) is 5.56 Å². The van der Waals surface area contributed by atoms with Crippen molar-refractivity contribution in [2.75, 3.05) is 5.73 Å². The van der Waals surface area contributed by atoms with E-state index in [9.17, 15) is 4.79 Å². The number of hydrogen-bond acceptors (Lipinski definition) is 4. The number of anilines is 1. The Morgan fingerprint density at radius 1 is 1.53 bits per heavy atom. The van der Waals surface area contributed by atoms with Gasteiger partial charge in [0.2, 0.25) is 0 Å². The highest BCUT2D eigenvalue weighted by atomic mass is 16.4. The van der Waals surface area contributed by atoms with E-state index in [0.29, 0.717) is 5.69 Å². The Labute approximate surface area is 96.5 Å². The van der Waals surface area contributed by atoms with E-state index in [2.05, 4.69) is 4.98 Å². The number of benzene rings is 1. The summed E-state index contributed by atoms with van der Waals surface area (Å²) >= 11 is 0. The quantitative estimate of drug-likeness (QED) is 0.798. The molecule has 0 fully saturated rings. The third-order valence-electron chi connectivity index (χ3n) is 2.28. The van der Waals surface area contributed by atoms with E-state index in [4.69, 9.17) is 16.1 Å². The van der Waals surface area contributed by atoms with Crippen LogP contribution < -0.4 is 5.73 Å². The molecule has 0 aliphatic heterocycles. The Morgan fingerprint density at radius 2 is 2.29 bits per heavy atom. The predicted molar refractivity (Wildman–Crippen MR) is 59.7 cm³/mol. The summed E-state index contributed by atoms with van der Waals surface area (Å²) in [5.41, 5.74) is 6.52. The molecule has 1 aromatic heterocycles. The van der Waals surface area contributed by atoms with Crippen molar-refractivity contribution in [1.29, 1.82) is 5.26 Å². The van der Waals surface area contributed by atoms with Crippen molar-refractivity contribution in [2.45, 2.75) is 0 Å². The van der Waals surface area contributed by atoms with Crippen LogP contribution in [0.5, 0.6) is 0 Å². The van der Waals surface area contributed by atoms with Gasteiger partial charge in [0.25, 0.3) is 0 Å². The third kappa shape index (κ3) is 1.81. The summed E-state index contributed by atoms with van der Waals surface area (Å²) in [5, 5.41) is 17.6. The highest BCUT2D eigenvalue weighted by Crippen LogP contribution is 2.17. The van der Waals surface area contributed by atoms with Gasteiger partial charge in [-0.3, -0.25) is 4.57 Å². The fourth-order valence-corrected chi connectivity index (χ4v) is 1.44. The molecular formula is C11H8N4O2. The summed E-state index contributed by atoms with van der Waals surface area (Å²) in [5.74, 6) is -0.832. The van der Waals surface area contributed by atoms with Crippen molar-refractivity contribution in [3.05, 3.63) is 41.9 Å². The molecule has 1 heterocycles. The predicted octanol–water partition coefficient (Wildman–Crippen LogP) is 1.02. The number of aromatic nitrogens is 2. The number of nitrogens with zero attached hydrogens (tertiary/aromatic N) is 3. The molecule has 0 aliphatic rings. The number of nitriles is 1. The zero-order chi connectivity index (χ0) is 12.4. The minimum atomic E-state index is -1.02. The molecule has 0 spiro atoms. The molecule has 0 atom stereocenters. The molecule has 2 aromatic rings. The van der Waals surface area contributed by atoms with Crippen LogP contribution in [0, 0.1) is 11.3 Å². The second-order valence-corrected chi connectivity index (χ2v) is 3.32. The van der Waals surface area contributed by atoms with Crippen molar-refractivity contribution >= 4 is 11.8 Å². The number of nitrogen functional groups attached to an aromatic ring is 1. The molecule has 0 amide bonds. The van der Waals surface area contributed by atoms with E-state index < -0.39 is 5.97 Å². The van der Waals surface area contributed by atoms with E-state index in [1.807, 2.05) is 6.07 Å². The fourth-order valence-electron chi connectivity index (χ4n) is 1.44. The van der Waals surface area contributed by atoms with E-state index in [-0.39, 0.29) is 17.1 Å². The van der Waals surface area contributed by atoms with Crippen LogP contribution in [-0.2, 0) is 0 Å². The zero-order valence-electron chi connectivity index (χ0n) is 8.66. The first kappa shape index (κ1) is 10.7. The number of nitrogens with two attached hydrogens (primary N) is 1.